The summed E-state index contributed by atoms with van der Waals surface area (Å²) in [5, 5.41) is 9.32. The van der Waals surface area contributed by atoms with Crippen molar-refractivity contribution in [2.45, 2.75) is 63.6 Å². The summed E-state index contributed by atoms with van der Waals surface area (Å²) in [5.74, 6) is 0. The van der Waals surface area contributed by atoms with Gasteiger partial charge in [0, 0.05) is 47.5 Å². The first kappa shape index (κ1) is 22.5. The van der Waals surface area contributed by atoms with Gasteiger partial charge in [0.15, 0.2) is 0 Å². The fourth-order valence-corrected chi connectivity index (χ4v) is 6.50. The monoisotopic (exact) mass is 468 g/mol. The highest BCUT2D eigenvalue weighted by atomic mass is 15.2. The lowest BCUT2D eigenvalue weighted by Gasteiger charge is -2.48. The van der Waals surface area contributed by atoms with Gasteiger partial charge in [-0.2, -0.15) is 0 Å². The van der Waals surface area contributed by atoms with Crippen LogP contribution in [0.2, 0.25) is 0 Å². The molecule has 6 nitrogen and oxygen atoms in total. The lowest BCUT2D eigenvalue weighted by Crippen LogP contribution is -2.49. The smallest absolute Gasteiger partial charge is 0.123 e. The maximum absolute atomic E-state index is 4.00. The number of fused-ring (bicyclic) bond motifs is 1. The van der Waals surface area contributed by atoms with Crippen LogP contribution in [0.4, 0.5) is 0 Å². The molecular weight excluding hydrogens is 432 g/mol. The van der Waals surface area contributed by atoms with Crippen LogP contribution in [0.5, 0.6) is 0 Å². The zero-order chi connectivity index (χ0) is 23.6. The van der Waals surface area contributed by atoms with Crippen LogP contribution in [-0.2, 0) is 0 Å². The van der Waals surface area contributed by atoms with Gasteiger partial charge in [-0.3, -0.25) is 14.4 Å². The Morgan fingerprint density at radius 2 is 1.80 bits per heavy atom. The maximum Gasteiger partial charge on any atom is 0.123 e. The summed E-state index contributed by atoms with van der Waals surface area (Å²) in [6, 6.07) is 19.4. The minimum atomic E-state index is 0.428. The molecule has 0 radical (unpaired) electrons. The number of nitrogens with zero attached hydrogens (tertiary/aromatic N) is 5. The standard InChI is InChI=1S/C29H36N6/c1-2-14-33-16-13-24(35-15-7-6-10-28(35)22-8-4-3-5-9-22)18-29(33)26-19-30-27-12-11-23(17-25(26)27)34-20-31-32-21-34/h3-5,8-9,11-12,17,19-21,24,28-30H,2,6-7,10,13-16,18H2,1H3. The zero-order valence-corrected chi connectivity index (χ0v) is 20.7. The van der Waals surface area contributed by atoms with E-state index in [2.05, 4.69) is 86.6 Å². The molecule has 0 amide bonds. The molecule has 2 aromatic heterocycles. The number of hydrogen-bond acceptors (Lipinski definition) is 4. The van der Waals surface area contributed by atoms with E-state index in [1.54, 1.807) is 12.7 Å². The minimum absolute atomic E-state index is 0.428. The molecule has 0 spiro atoms. The predicted molar refractivity (Wildman–Crippen MR) is 141 cm³/mol. The summed E-state index contributed by atoms with van der Waals surface area (Å²) in [6.07, 6.45) is 13.4. The summed E-state index contributed by atoms with van der Waals surface area (Å²) < 4.78 is 1.99. The van der Waals surface area contributed by atoms with Crippen LogP contribution in [0, 0.1) is 0 Å². The molecule has 6 rings (SSSR count). The zero-order valence-electron chi connectivity index (χ0n) is 20.7. The van der Waals surface area contributed by atoms with Crippen LogP contribution in [0.15, 0.2) is 67.4 Å². The van der Waals surface area contributed by atoms with E-state index in [-0.39, 0.29) is 0 Å². The fraction of sp³-hybridized carbons (Fsp3) is 0.448. The molecule has 1 N–H and O–H groups in total. The normalized spacial score (nSPS) is 24.2. The van der Waals surface area contributed by atoms with E-state index in [0.717, 1.165) is 12.2 Å². The Hall–Kier alpha value is -2.96. The van der Waals surface area contributed by atoms with Gasteiger partial charge < -0.3 is 4.98 Å². The maximum atomic E-state index is 4.00. The van der Waals surface area contributed by atoms with E-state index in [9.17, 15) is 0 Å². The summed E-state index contributed by atoms with van der Waals surface area (Å²) in [6.45, 7) is 5.84. The van der Waals surface area contributed by atoms with Crippen molar-refractivity contribution in [3.05, 3.63) is 78.5 Å². The molecule has 3 unspecified atom stereocenters. The second-order valence-corrected chi connectivity index (χ2v) is 10.2. The highest BCUT2D eigenvalue weighted by molar-refractivity contribution is 5.85. The van der Waals surface area contributed by atoms with Crippen LogP contribution < -0.4 is 0 Å². The van der Waals surface area contributed by atoms with E-state index >= 15 is 0 Å². The quantitative estimate of drug-likeness (QED) is 0.383. The van der Waals surface area contributed by atoms with Gasteiger partial charge in [0.1, 0.15) is 12.7 Å². The molecule has 3 atom stereocenters. The highest BCUT2D eigenvalue weighted by Crippen LogP contribution is 2.41. The Bertz CT molecular complexity index is 1230. The van der Waals surface area contributed by atoms with Gasteiger partial charge in [0.05, 0.1) is 0 Å². The lowest BCUT2D eigenvalue weighted by molar-refractivity contribution is 0.0238. The molecule has 6 heteroatoms. The number of hydrogen-bond donors (Lipinski definition) is 1. The largest absolute Gasteiger partial charge is 0.361 e. The first-order valence-electron chi connectivity index (χ1n) is 13.3. The molecule has 2 aromatic carbocycles. The first-order chi connectivity index (χ1) is 17.3. The van der Waals surface area contributed by atoms with Crippen molar-refractivity contribution in [3.8, 4) is 5.69 Å². The number of piperidine rings is 2. The van der Waals surface area contributed by atoms with Crippen LogP contribution in [0.25, 0.3) is 16.6 Å². The molecule has 0 saturated carbocycles. The van der Waals surface area contributed by atoms with Gasteiger partial charge in [-0.15, -0.1) is 10.2 Å². The third kappa shape index (κ3) is 4.41. The van der Waals surface area contributed by atoms with Crippen molar-refractivity contribution in [2.75, 3.05) is 19.6 Å². The second kappa shape index (κ2) is 9.96. The third-order valence-corrected chi connectivity index (χ3v) is 8.17. The first-order valence-corrected chi connectivity index (χ1v) is 13.3. The number of aromatic amines is 1. The summed E-state index contributed by atoms with van der Waals surface area (Å²) >= 11 is 0. The SMILES string of the molecule is CCCN1CCC(N2CCCCC2c2ccccc2)CC1c1c[nH]c2ccc(-n3cnnc3)cc12. The van der Waals surface area contributed by atoms with Crippen LogP contribution in [-0.4, -0.2) is 55.2 Å². The van der Waals surface area contributed by atoms with Gasteiger partial charge in [0.2, 0.25) is 0 Å². The number of benzene rings is 2. The van der Waals surface area contributed by atoms with Crippen LogP contribution in [0.3, 0.4) is 0 Å². The number of aromatic nitrogens is 4. The van der Waals surface area contributed by atoms with Gasteiger partial charge in [-0.05, 0) is 74.5 Å². The molecule has 182 valence electrons. The Morgan fingerprint density at radius 1 is 0.943 bits per heavy atom. The van der Waals surface area contributed by atoms with Crippen molar-refractivity contribution >= 4 is 10.9 Å². The fourth-order valence-electron chi connectivity index (χ4n) is 6.50. The van der Waals surface area contributed by atoms with Gasteiger partial charge in [0.25, 0.3) is 0 Å². The van der Waals surface area contributed by atoms with Crippen molar-refractivity contribution < 1.29 is 0 Å². The van der Waals surface area contributed by atoms with Crippen molar-refractivity contribution in [1.82, 2.24) is 29.5 Å². The number of nitrogens with one attached hydrogen (secondary N) is 1. The van der Waals surface area contributed by atoms with Crippen molar-refractivity contribution in [2.24, 2.45) is 0 Å². The topological polar surface area (TPSA) is 53.0 Å². The molecule has 4 heterocycles. The summed E-state index contributed by atoms with van der Waals surface area (Å²) in [7, 11) is 0. The molecule has 2 saturated heterocycles. The predicted octanol–water partition coefficient (Wildman–Crippen LogP) is 5.89. The van der Waals surface area contributed by atoms with Gasteiger partial charge >= 0.3 is 0 Å². The van der Waals surface area contributed by atoms with Crippen molar-refractivity contribution in [1.29, 1.82) is 0 Å². The van der Waals surface area contributed by atoms with Crippen LogP contribution in [0.1, 0.15) is 68.7 Å². The molecule has 0 bridgehead atoms. The van der Waals surface area contributed by atoms with E-state index in [1.165, 1.54) is 73.6 Å². The molecule has 35 heavy (non-hydrogen) atoms. The summed E-state index contributed by atoms with van der Waals surface area (Å²) in [5.41, 5.74) is 5.24. The van der Waals surface area contributed by atoms with Gasteiger partial charge in [-0.25, -0.2) is 0 Å². The van der Waals surface area contributed by atoms with Gasteiger partial charge in [-0.1, -0.05) is 43.7 Å². The molecule has 2 fully saturated rings. The van der Waals surface area contributed by atoms with E-state index in [0.29, 0.717) is 18.1 Å². The molecule has 4 aromatic rings. The molecular formula is C29H36N6. The van der Waals surface area contributed by atoms with E-state index in [4.69, 9.17) is 0 Å². The molecule has 0 aliphatic carbocycles. The summed E-state index contributed by atoms with van der Waals surface area (Å²) in [4.78, 5) is 9.15. The number of likely N-dealkylation sites (tertiary alicyclic amines) is 2. The average Bonchev–Trinajstić information content (AvgIpc) is 3.60. The Balaban J connectivity index is 1.33. The van der Waals surface area contributed by atoms with E-state index < -0.39 is 0 Å². The third-order valence-electron chi connectivity index (χ3n) is 8.17. The number of rotatable bonds is 6. The van der Waals surface area contributed by atoms with E-state index in [1.807, 2.05) is 4.57 Å². The Labute approximate surface area is 208 Å². The lowest BCUT2D eigenvalue weighted by atomic mass is 9.86. The molecule has 2 aliphatic rings. The minimum Gasteiger partial charge on any atom is -0.361 e. The highest BCUT2D eigenvalue weighted by Gasteiger charge is 2.37. The molecule has 2 aliphatic heterocycles. The average molecular weight is 469 g/mol. The second-order valence-electron chi connectivity index (χ2n) is 10.2. The Kier molecular flexibility index (Phi) is 6.40. The van der Waals surface area contributed by atoms with Crippen LogP contribution >= 0.6 is 0 Å². The van der Waals surface area contributed by atoms with Crippen molar-refractivity contribution in [3.63, 3.8) is 0 Å². The number of H-pyrrole nitrogens is 1. The Morgan fingerprint density at radius 3 is 2.63 bits per heavy atom.